The van der Waals surface area contributed by atoms with Gasteiger partial charge >= 0.3 is 0 Å². The summed E-state index contributed by atoms with van der Waals surface area (Å²) in [5.74, 6) is -1.22. The molecule has 0 amide bonds. The zero-order valence-electron chi connectivity index (χ0n) is 10.3. The van der Waals surface area contributed by atoms with Crippen LogP contribution in [0.5, 0.6) is 5.88 Å². The van der Waals surface area contributed by atoms with Gasteiger partial charge in [-0.15, -0.1) is 0 Å². The smallest absolute Gasteiger partial charge is 0.245 e. The molecule has 6 nitrogen and oxygen atoms in total. The number of fused-ring (bicyclic) bond motifs is 1. The number of anilines is 1. The highest BCUT2D eigenvalue weighted by atomic mass is 19.1. The lowest BCUT2D eigenvalue weighted by Crippen LogP contribution is -2.04. The number of nitrogen functional groups attached to an aromatic ring is 1. The maximum absolute atomic E-state index is 13.9. The lowest BCUT2D eigenvalue weighted by molar-refractivity contribution is 0.401. The summed E-state index contributed by atoms with van der Waals surface area (Å²) in [5, 5.41) is 0. The molecule has 102 valence electrons. The van der Waals surface area contributed by atoms with Gasteiger partial charge in [-0.1, -0.05) is 0 Å². The Labute approximate surface area is 111 Å². The molecule has 0 radical (unpaired) electrons. The molecule has 0 unspecified atom stereocenters. The SMILES string of the molecule is COc1ncnc2c1nc(N)n2-c1ccc(F)cc1F. The standard InChI is InChI=1S/C12H9F2N5O/c1-20-11-9-10(16-5-17-11)19(12(15)18-9)8-3-2-6(13)4-7(8)14/h2-5H,1H3,(H2,15,18). The molecular weight excluding hydrogens is 268 g/mol. The van der Waals surface area contributed by atoms with E-state index in [0.717, 1.165) is 12.1 Å². The Morgan fingerprint density at radius 3 is 2.75 bits per heavy atom. The molecule has 3 rings (SSSR count). The first kappa shape index (κ1) is 12.3. The Bertz CT molecular complexity index is 802. The van der Waals surface area contributed by atoms with Crippen LogP contribution in [0.1, 0.15) is 0 Å². The average molecular weight is 277 g/mol. The summed E-state index contributed by atoms with van der Waals surface area (Å²) >= 11 is 0. The minimum absolute atomic E-state index is 0.00399. The monoisotopic (exact) mass is 277 g/mol. The van der Waals surface area contributed by atoms with E-state index in [1.165, 1.54) is 24.1 Å². The van der Waals surface area contributed by atoms with Gasteiger partial charge in [0.25, 0.3) is 0 Å². The summed E-state index contributed by atoms with van der Waals surface area (Å²) < 4.78 is 33.2. The predicted octanol–water partition coefficient (Wildman–Crippen LogP) is 1.68. The number of hydrogen-bond donors (Lipinski definition) is 1. The highest BCUT2D eigenvalue weighted by Crippen LogP contribution is 2.27. The second-order valence-electron chi connectivity index (χ2n) is 3.96. The van der Waals surface area contributed by atoms with Gasteiger partial charge in [0, 0.05) is 6.07 Å². The second-order valence-corrected chi connectivity index (χ2v) is 3.96. The molecule has 0 spiro atoms. The second kappa shape index (κ2) is 4.41. The van der Waals surface area contributed by atoms with Crippen LogP contribution >= 0.6 is 0 Å². The highest BCUT2D eigenvalue weighted by molar-refractivity contribution is 5.81. The number of imidazole rings is 1. The molecule has 20 heavy (non-hydrogen) atoms. The van der Waals surface area contributed by atoms with Crippen LogP contribution in [0.15, 0.2) is 24.5 Å². The van der Waals surface area contributed by atoms with Crippen molar-refractivity contribution in [2.24, 2.45) is 0 Å². The van der Waals surface area contributed by atoms with Crippen LogP contribution in [-0.4, -0.2) is 26.6 Å². The van der Waals surface area contributed by atoms with Crippen molar-refractivity contribution in [2.75, 3.05) is 12.8 Å². The first-order valence-electron chi connectivity index (χ1n) is 5.60. The molecule has 2 heterocycles. The van der Waals surface area contributed by atoms with Gasteiger partial charge in [-0.05, 0) is 12.1 Å². The minimum atomic E-state index is -0.770. The molecule has 0 aliphatic heterocycles. The number of nitrogens with two attached hydrogens (primary N) is 1. The Hall–Kier alpha value is -2.77. The van der Waals surface area contributed by atoms with Crippen molar-refractivity contribution in [2.45, 2.75) is 0 Å². The van der Waals surface area contributed by atoms with Crippen LogP contribution in [0.2, 0.25) is 0 Å². The molecule has 0 saturated heterocycles. The quantitative estimate of drug-likeness (QED) is 0.771. The van der Waals surface area contributed by atoms with Crippen LogP contribution in [0.3, 0.4) is 0 Å². The predicted molar refractivity (Wildman–Crippen MR) is 67.5 cm³/mol. The first-order chi connectivity index (χ1) is 9.61. The van der Waals surface area contributed by atoms with Gasteiger partial charge in [-0.3, -0.25) is 4.57 Å². The van der Waals surface area contributed by atoms with Crippen molar-refractivity contribution >= 4 is 17.1 Å². The van der Waals surface area contributed by atoms with Gasteiger partial charge < -0.3 is 10.5 Å². The van der Waals surface area contributed by atoms with E-state index < -0.39 is 11.6 Å². The average Bonchev–Trinajstić information content (AvgIpc) is 2.75. The van der Waals surface area contributed by atoms with Crippen molar-refractivity contribution < 1.29 is 13.5 Å². The van der Waals surface area contributed by atoms with Crippen LogP contribution in [-0.2, 0) is 0 Å². The third-order valence-corrected chi connectivity index (χ3v) is 2.78. The normalized spacial score (nSPS) is 10.9. The number of nitrogens with zero attached hydrogens (tertiary/aromatic N) is 4. The van der Waals surface area contributed by atoms with E-state index in [1.807, 2.05) is 0 Å². The van der Waals surface area contributed by atoms with Gasteiger partial charge in [0.05, 0.1) is 12.8 Å². The number of rotatable bonds is 2. The Morgan fingerprint density at radius 2 is 2.05 bits per heavy atom. The lowest BCUT2D eigenvalue weighted by atomic mass is 10.3. The van der Waals surface area contributed by atoms with Gasteiger partial charge in [-0.2, -0.15) is 4.98 Å². The van der Waals surface area contributed by atoms with Crippen molar-refractivity contribution in [3.05, 3.63) is 36.2 Å². The van der Waals surface area contributed by atoms with Crippen LogP contribution in [0.25, 0.3) is 16.9 Å². The lowest BCUT2D eigenvalue weighted by Gasteiger charge is -2.07. The van der Waals surface area contributed by atoms with Crippen LogP contribution in [0.4, 0.5) is 14.7 Å². The van der Waals surface area contributed by atoms with E-state index in [1.54, 1.807) is 0 Å². The number of hydrogen-bond acceptors (Lipinski definition) is 5. The zero-order chi connectivity index (χ0) is 14.3. The van der Waals surface area contributed by atoms with Gasteiger partial charge in [0.15, 0.2) is 11.2 Å². The largest absolute Gasteiger partial charge is 0.479 e. The van der Waals surface area contributed by atoms with Crippen LogP contribution < -0.4 is 10.5 Å². The van der Waals surface area contributed by atoms with Crippen molar-refractivity contribution in [1.82, 2.24) is 19.5 Å². The third kappa shape index (κ3) is 1.73. The number of halogens is 2. The van der Waals surface area contributed by atoms with Gasteiger partial charge in [0.1, 0.15) is 18.0 Å². The maximum Gasteiger partial charge on any atom is 0.245 e. The molecule has 8 heteroatoms. The number of benzene rings is 1. The fraction of sp³-hybridized carbons (Fsp3) is 0.0833. The summed E-state index contributed by atoms with van der Waals surface area (Å²) in [4.78, 5) is 12.0. The van der Waals surface area contributed by atoms with Crippen LogP contribution in [0, 0.1) is 11.6 Å². The fourth-order valence-electron chi connectivity index (χ4n) is 1.94. The Morgan fingerprint density at radius 1 is 1.25 bits per heavy atom. The molecule has 0 aliphatic rings. The summed E-state index contributed by atoms with van der Waals surface area (Å²) in [6, 6.07) is 3.15. The van der Waals surface area contributed by atoms with Crippen molar-refractivity contribution in [3.8, 4) is 11.6 Å². The molecule has 3 aromatic rings. The topological polar surface area (TPSA) is 78.8 Å². The van der Waals surface area contributed by atoms with E-state index in [-0.39, 0.29) is 23.2 Å². The van der Waals surface area contributed by atoms with E-state index in [9.17, 15) is 8.78 Å². The molecule has 0 saturated carbocycles. The van der Waals surface area contributed by atoms with Crippen molar-refractivity contribution in [1.29, 1.82) is 0 Å². The number of ether oxygens (including phenoxy) is 1. The summed E-state index contributed by atoms with van der Waals surface area (Å²) in [5.41, 5.74) is 6.41. The molecule has 2 N–H and O–H groups in total. The Balaban J connectivity index is 2.34. The highest BCUT2D eigenvalue weighted by Gasteiger charge is 2.18. The summed E-state index contributed by atoms with van der Waals surface area (Å²) in [7, 11) is 1.43. The molecule has 1 aromatic carbocycles. The molecule has 0 fully saturated rings. The Kier molecular flexibility index (Phi) is 2.70. The van der Waals surface area contributed by atoms with E-state index in [4.69, 9.17) is 10.5 Å². The molecule has 0 atom stereocenters. The van der Waals surface area contributed by atoms with Gasteiger partial charge in [-0.25, -0.2) is 18.7 Å². The molecular formula is C12H9F2N5O. The first-order valence-corrected chi connectivity index (χ1v) is 5.60. The maximum atomic E-state index is 13.9. The molecule has 2 aromatic heterocycles. The number of methoxy groups -OCH3 is 1. The van der Waals surface area contributed by atoms with E-state index in [0.29, 0.717) is 5.52 Å². The van der Waals surface area contributed by atoms with E-state index in [2.05, 4.69) is 15.0 Å². The number of aromatic nitrogens is 4. The van der Waals surface area contributed by atoms with Crippen molar-refractivity contribution in [3.63, 3.8) is 0 Å². The van der Waals surface area contributed by atoms with E-state index >= 15 is 0 Å². The molecule has 0 aliphatic carbocycles. The van der Waals surface area contributed by atoms with Gasteiger partial charge in [0.2, 0.25) is 11.8 Å². The third-order valence-electron chi connectivity index (χ3n) is 2.78. The minimum Gasteiger partial charge on any atom is -0.479 e. The molecule has 0 bridgehead atoms. The summed E-state index contributed by atoms with van der Waals surface area (Å²) in [6.45, 7) is 0. The summed E-state index contributed by atoms with van der Waals surface area (Å²) in [6.07, 6.45) is 1.25. The fourth-order valence-corrected chi connectivity index (χ4v) is 1.94. The zero-order valence-corrected chi connectivity index (χ0v) is 10.3.